The minimum Gasteiger partial charge on any atom is -0.625 e. The molecule has 1 aromatic carbocycles. The molecule has 3 fully saturated rings. The molecule has 0 aromatic heterocycles. The maximum atomic E-state index is 13.3. The van der Waals surface area contributed by atoms with Gasteiger partial charge in [-0.3, -0.25) is 48.3 Å². The number of ether oxygens (including phenoxy) is 1. The van der Waals surface area contributed by atoms with Gasteiger partial charge in [-0.15, -0.1) is 0 Å². The summed E-state index contributed by atoms with van der Waals surface area (Å²) in [5, 5.41) is 0. The van der Waals surface area contributed by atoms with Crippen molar-refractivity contribution in [1.82, 2.24) is 19.6 Å². The zero-order valence-corrected chi connectivity index (χ0v) is 34.5. The number of fused-ring (bicyclic) bond motifs is 1. The molecule has 0 bridgehead atoms. The number of likely N-dealkylation sites (N-methyl/N-ethyl adjacent to an activating group) is 1. The molecule has 0 saturated carbocycles. The van der Waals surface area contributed by atoms with Crippen LogP contribution in [0.2, 0.25) is 0 Å². The van der Waals surface area contributed by atoms with E-state index in [2.05, 4.69) is 23.8 Å². The molecule has 1 aromatic rings. The first-order valence-electron chi connectivity index (χ1n) is 17.8. The second kappa shape index (κ2) is 19.0. The molecule has 290 valence electrons. The van der Waals surface area contributed by atoms with Crippen LogP contribution in [0.15, 0.2) is 18.2 Å². The van der Waals surface area contributed by atoms with E-state index in [1.54, 1.807) is 12.1 Å². The number of likely N-dealkylation sites (tertiary alicyclic amines) is 2. The summed E-state index contributed by atoms with van der Waals surface area (Å²) in [4.78, 5) is 103. The zero-order valence-electron chi connectivity index (χ0n) is 32.5. The van der Waals surface area contributed by atoms with Crippen molar-refractivity contribution in [2.24, 2.45) is 5.92 Å². The Morgan fingerprint density at radius 2 is 1.31 bits per heavy atom. The van der Waals surface area contributed by atoms with E-state index in [1.165, 1.54) is 7.05 Å². The van der Waals surface area contributed by atoms with Gasteiger partial charge in [-0.25, -0.2) is 4.79 Å². The number of anilines is 1. The molecule has 5 rings (SSSR count). The van der Waals surface area contributed by atoms with Crippen LogP contribution >= 0.6 is 0 Å². The average molecular weight is 766 g/mol. The molecule has 0 radical (unpaired) electrons. The van der Waals surface area contributed by atoms with E-state index in [0.717, 1.165) is 94.9 Å². The fraction of sp³-hybridized carbons (Fsp3) is 0.600. The summed E-state index contributed by atoms with van der Waals surface area (Å²) in [5.41, 5.74) is 1.02. The Hall–Kier alpha value is -4.00. The van der Waals surface area contributed by atoms with Crippen LogP contribution in [0.3, 0.4) is 0 Å². The normalized spacial score (nSPS) is 19.4. The standard InChI is InChI=1S/C29H39N5O6.C6H10BO6.Na/c1-29(2,3)40-28(39)33-11-9-19(10-12-33)18-31-13-15-32(16-14-31)20-5-6-21-22(17-20)26(37)34(25(21)36)23-7-8-24(35)30(4)27(23)38;1-4(8)11-7(12-5(2)9)13-6(3)10;/h5-6,17,19,23H,7-16,18H2,1-4H3;7H,1-3H3;/q;-1;+1. The van der Waals surface area contributed by atoms with E-state index in [-0.39, 0.29) is 54.4 Å². The molecule has 0 spiro atoms. The summed E-state index contributed by atoms with van der Waals surface area (Å²) in [6.45, 7) is 14.8. The van der Waals surface area contributed by atoms with E-state index in [1.807, 2.05) is 31.7 Å². The first-order valence-corrected chi connectivity index (χ1v) is 17.8. The molecule has 17 nitrogen and oxygen atoms in total. The van der Waals surface area contributed by atoms with Gasteiger partial charge in [-0.1, -0.05) is 0 Å². The second-order valence-corrected chi connectivity index (χ2v) is 14.5. The van der Waals surface area contributed by atoms with Crippen LogP contribution in [0.5, 0.6) is 0 Å². The smallest absolute Gasteiger partial charge is 0.625 e. The van der Waals surface area contributed by atoms with Gasteiger partial charge in [0, 0.05) is 85.7 Å². The molecule has 3 saturated heterocycles. The van der Waals surface area contributed by atoms with Crippen LogP contribution in [0.4, 0.5) is 10.5 Å². The van der Waals surface area contributed by atoms with Crippen molar-refractivity contribution in [2.45, 2.75) is 78.9 Å². The number of carbonyl (C=O) groups excluding carboxylic acids is 8. The minimum atomic E-state index is -2.41. The van der Waals surface area contributed by atoms with Gasteiger partial charge in [0.05, 0.1) is 11.1 Å². The number of carbonyl (C=O) groups is 8. The van der Waals surface area contributed by atoms with Crippen LogP contribution in [0, 0.1) is 5.92 Å². The van der Waals surface area contributed by atoms with Crippen LogP contribution in [-0.4, -0.2) is 139 Å². The molecule has 1 atom stereocenters. The summed E-state index contributed by atoms with van der Waals surface area (Å²) >= 11 is 0. The number of rotatable bonds is 7. The van der Waals surface area contributed by atoms with Crippen molar-refractivity contribution in [3.05, 3.63) is 29.3 Å². The molecule has 5 amide bonds. The fourth-order valence-corrected chi connectivity index (χ4v) is 6.63. The third kappa shape index (κ3) is 11.8. The second-order valence-electron chi connectivity index (χ2n) is 14.5. The Kier molecular flexibility index (Phi) is 15.7. The molecule has 19 heteroatoms. The number of imide groups is 2. The van der Waals surface area contributed by atoms with Gasteiger partial charge in [-0.2, -0.15) is 0 Å². The SMILES string of the molecule is CC(=O)O[BH-](OC(C)=O)OC(C)=O.CN1C(=O)CCC(N2C(=O)c3ccc(N4CCN(CC5CCN(C(=O)OC(C)(C)C)CC5)CC4)cc3C2=O)C1=O.[Na+]. The van der Waals surface area contributed by atoms with Crippen molar-refractivity contribution in [1.29, 1.82) is 0 Å². The summed E-state index contributed by atoms with van der Waals surface area (Å²) in [6, 6.07) is 4.36. The van der Waals surface area contributed by atoms with Gasteiger partial charge < -0.3 is 28.5 Å². The Bertz CT molecular complexity index is 1580. The monoisotopic (exact) mass is 765 g/mol. The average Bonchev–Trinajstić information content (AvgIpc) is 3.31. The molecular weight excluding hydrogens is 716 g/mol. The number of nitrogens with zero attached hydrogens (tertiary/aromatic N) is 5. The van der Waals surface area contributed by atoms with Crippen molar-refractivity contribution in [3.8, 4) is 0 Å². The van der Waals surface area contributed by atoms with E-state index < -0.39 is 54.6 Å². The number of amides is 5. The van der Waals surface area contributed by atoms with Gasteiger partial charge in [-0.05, 0) is 64.2 Å². The van der Waals surface area contributed by atoms with Crippen molar-refractivity contribution in [3.63, 3.8) is 0 Å². The Labute approximate surface area is 337 Å². The maximum Gasteiger partial charge on any atom is 1.00 e. The number of hydrogen-bond donors (Lipinski definition) is 0. The zero-order chi connectivity index (χ0) is 39.2. The summed E-state index contributed by atoms with van der Waals surface area (Å²) < 4.78 is 18.8. The summed E-state index contributed by atoms with van der Waals surface area (Å²) in [6.07, 6.45) is 1.97. The summed E-state index contributed by atoms with van der Waals surface area (Å²) in [7, 11) is -1.02. The van der Waals surface area contributed by atoms with Crippen LogP contribution < -0.4 is 34.5 Å². The Morgan fingerprint density at radius 3 is 1.83 bits per heavy atom. The molecule has 4 aliphatic heterocycles. The van der Waals surface area contributed by atoms with E-state index >= 15 is 0 Å². The van der Waals surface area contributed by atoms with Gasteiger partial charge >= 0.3 is 43.0 Å². The Morgan fingerprint density at radius 1 is 0.778 bits per heavy atom. The van der Waals surface area contributed by atoms with E-state index in [4.69, 9.17) is 4.74 Å². The van der Waals surface area contributed by atoms with Crippen molar-refractivity contribution >= 4 is 60.6 Å². The predicted octanol–water partition coefficient (Wildman–Crippen LogP) is -1.40. The van der Waals surface area contributed by atoms with Gasteiger partial charge in [0.1, 0.15) is 11.6 Å². The van der Waals surface area contributed by atoms with E-state index in [9.17, 15) is 38.4 Å². The minimum absolute atomic E-state index is 0. The van der Waals surface area contributed by atoms with Gasteiger partial charge in [0.15, 0.2) is 0 Å². The van der Waals surface area contributed by atoms with Crippen LogP contribution in [0.25, 0.3) is 0 Å². The van der Waals surface area contributed by atoms with E-state index in [0.29, 0.717) is 17.0 Å². The van der Waals surface area contributed by atoms with Gasteiger partial charge in [0.25, 0.3) is 35.6 Å². The molecule has 54 heavy (non-hydrogen) atoms. The largest absolute Gasteiger partial charge is 1.00 e. The third-order valence-electron chi connectivity index (χ3n) is 9.32. The van der Waals surface area contributed by atoms with Crippen molar-refractivity contribution in [2.75, 3.05) is 57.8 Å². The molecule has 4 heterocycles. The number of piperidine rings is 2. The topological polar surface area (TPSA) is 190 Å². The fourth-order valence-electron chi connectivity index (χ4n) is 6.63. The van der Waals surface area contributed by atoms with Crippen LogP contribution in [0.1, 0.15) is 87.9 Å². The maximum absolute atomic E-state index is 13.3. The predicted molar refractivity (Wildman–Crippen MR) is 189 cm³/mol. The van der Waals surface area contributed by atoms with Crippen LogP contribution in [-0.2, 0) is 42.7 Å². The summed E-state index contributed by atoms with van der Waals surface area (Å²) in [5.74, 6) is -3.26. The van der Waals surface area contributed by atoms with Gasteiger partial charge in [0.2, 0.25) is 5.91 Å². The quantitative estimate of drug-likeness (QED) is 0.233. The molecule has 1 unspecified atom stereocenters. The molecular formula is C35H49BN5NaO12. The van der Waals surface area contributed by atoms with Crippen molar-refractivity contribution < 1.29 is 86.6 Å². The number of benzene rings is 1. The molecule has 0 aliphatic carbocycles. The first-order chi connectivity index (χ1) is 24.8. The number of hydrogen-bond acceptors (Lipinski definition) is 14. The molecule has 4 aliphatic rings. The number of piperazine rings is 1. The Balaban J connectivity index is 0.000000481. The first kappa shape index (κ1) is 44.4. The third-order valence-corrected chi connectivity index (χ3v) is 9.32. The molecule has 0 N–H and O–H groups in total.